The second-order valence-electron chi connectivity index (χ2n) is 6.13. The summed E-state index contributed by atoms with van der Waals surface area (Å²) < 4.78 is 12.6. The molecule has 0 saturated carbocycles. The Morgan fingerprint density at radius 2 is 1.96 bits per heavy atom. The predicted octanol–water partition coefficient (Wildman–Crippen LogP) is 4.19. The van der Waals surface area contributed by atoms with Crippen LogP contribution in [-0.2, 0) is 0 Å². The molecule has 1 aliphatic rings. The Bertz CT molecular complexity index is 981. The van der Waals surface area contributed by atoms with Gasteiger partial charge in [0.1, 0.15) is 0 Å². The highest BCUT2D eigenvalue weighted by molar-refractivity contribution is 7.99. The zero-order valence-corrected chi connectivity index (χ0v) is 15.4. The third kappa shape index (κ3) is 3.20. The minimum absolute atomic E-state index is 0.0305. The third-order valence-corrected chi connectivity index (χ3v) is 5.37. The number of ketones is 1. The lowest BCUT2D eigenvalue weighted by Gasteiger charge is -2.09. The molecule has 5 nitrogen and oxygen atoms in total. The van der Waals surface area contributed by atoms with Crippen LogP contribution in [0.1, 0.15) is 21.5 Å². The van der Waals surface area contributed by atoms with Gasteiger partial charge in [0, 0.05) is 23.6 Å². The molecule has 0 amide bonds. The van der Waals surface area contributed by atoms with Crippen molar-refractivity contribution >= 4 is 17.5 Å². The highest BCUT2D eigenvalue weighted by atomic mass is 32.2. The first-order chi connectivity index (χ1) is 12.6. The molecular formula is C20H18N2O3S. The van der Waals surface area contributed by atoms with Crippen molar-refractivity contribution in [1.29, 1.82) is 0 Å². The molecule has 132 valence electrons. The van der Waals surface area contributed by atoms with E-state index in [2.05, 4.69) is 37.0 Å². The number of benzene rings is 2. The Morgan fingerprint density at radius 1 is 1.12 bits per heavy atom. The summed E-state index contributed by atoms with van der Waals surface area (Å²) in [5, 5.41) is 0.794. The van der Waals surface area contributed by atoms with E-state index in [0.717, 1.165) is 10.8 Å². The zero-order chi connectivity index (χ0) is 18.1. The largest absolute Gasteiger partial charge is 0.454 e. The van der Waals surface area contributed by atoms with Gasteiger partial charge in [-0.25, -0.2) is 4.98 Å². The van der Waals surface area contributed by atoms with Gasteiger partial charge in [0.15, 0.2) is 22.4 Å². The molecule has 3 aromatic rings. The van der Waals surface area contributed by atoms with Crippen LogP contribution in [0.2, 0.25) is 0 Å². The summed E-state index contributed by atoms with van der Waals surface area (Å²) in [5.74, 6) is 1.64. The van der Waals surface area contributed by atoms with E-state index in [4.69, 9.17) is 9.47 Å². The number of Topliss-reactive ketones (excluding diaryl/α,β-unsaturated/α-hetero) is 1. The molecule has 0 unspecified atom stereocenters. The number of hydrogen-bond acceptors (Lipinski definition) is 5. The van der Waals surface area contributed by atoms with Crippen molar-refractivity contribution in [1.82, 2.24) is 9.55 Å². The van der Waals surface area contributed by atoms with E-state index < -0.39 is 0 Å². The number of fused-ring (bicyclic) bond motifs is 1. The van der Waals surface area contributed by atoms with Gasteiger partial charge in [-0.05, 0) is 55.3 Å². The average molecular weight is 366 g/mol. The summed E-state index contributed by atoms with van der Waals surface area (Å²) in [5.41, 5.74) is 4.14. The molecule has 0 aliphatic carbocycles. The van der Waals surface area contributed by atoms with Gasteiger partial charge in [0.05, 0.1) is 5.75 Å². The normalized spacial score (nSPS) is 12.4. The number of imidazole rings is 1. The summed E-state index contributed by atoms with van der Waals surface area (Å²) in [4.78, 5) is 16.9. The Balaban J connectivity index is 1.49. The molecule has 26 heavy (non-hydrogen) atoms. The maximum atomic E-state index is 12.5. The van der Waals surface area contributed by atoms with Crippen LogP contribution in [0.3, 0.4) is 0 Å². The lowest BCUT2D eigenvalue weighted by atomic mass is 10.1. The van der Waals surface area contributed by atoms with Crippen LogP contribution in [0, 0.1) is 13.8 Å². The second-order valence-corrected chi connectivity index (χ2v) is 7.07. The third-order valence-electron chi connectivity index (χ3n) is 4.40. The topological polar surface area (TPSA) is 53.4 Å². The van der Waals surface area contributed by atoms with Crippen molar-refractivity contribution in [2.45, 2.75) is 19.0 Å². The van der Waals surface area contributed by atoms with E-state index in [1.165, 1.54) is 22.9 Å². The summed E-state index contributed by atoms with van der Waals surface area (Å²) in [6.45, 7) is 4.38. The van der Waals surface area contributed by atoms with Gasteiger partial charge in [0.2, 0.25) is 6.79 Å². The summed E-state index contributed by atoms with van der Waals surface area (Å²) in [7, 11) is 0. The van der Waals surface area contributed by atoms with Crippen LogP contribution in [0.4, 0.5) is 0 Å². The Morgan fingerprint density at radius 3 is 2.81 bits per heavy atom. The summed E-state index contributed by atoms with van der Waals surface area (Å²) in [6, 6.07) is 11.6. The first kappa shape index (κ1) is 16.7. The van der Waals surface area contributed by atoms with E-state index in [1.54, 1.807) is 24.4 Å². The van der Waals surface area contributed by atoms with Crippen molar-refractivity contribution < 1.29 is 14.3 Å². The highest BCUT2D eigenvalue weighted by Crippen LogP contribution is 2.33. The van der Waals surface area contributed by atoms with Gasteiger partial charge in [-0.1, -0.05) is 17.8 Å². The number of thioether (sulfide) groups is 1. The van der Waals surface area contributed by atoms with Crippen molar-refractivity contribution in [3.8, 4) is 17.2 Å². The number of carbonyl (C=O) groups is 1. The molecule has 0 saturated heterocycles. The molecule has 2 aromatic carbocycles. The first-order valence-electron chi connectivity index (χ1n) is 8.28. The molecule has 0 atom stereocenters. The smallest absolute Gasteiger partial charge is 0.231 e. The summed E-state index contributed by atoms with van der Waals surface area (Å²) in [6.07, 6.45) is 3.67. The monoisotopic (exact) mass is 366 g/mol. The van der Waals surface area contributed by atoms with Crippen molar-refractivity contribution in [3.63, 3.8) is 0 Å². The Hall–Kier alpha value is -2.73. The minimum Gasteiger partial charge on any atom is -0.454 e. The van der Waals surface area contributed by atoms with Crippen LogP contribution in [-0.4, -0.2) is 27.9 Å². The van der Waals surface area contributed by atoms with Gasteiger partial charge < -0.3 is 9.47 Å². The zero-order valence-electron chi connectivity index (χ0n) is 14.6. The fourth-order valence-electron chi connectivity index (χ4n) is 2.75. The molecule has 1 aromatic heterocycles. The highest BCUT2D eigenvalue weighted by Gasteiger charge is 2.17. The van der Waals surface area contributed by atoms with E-state index in [1.807, 2.05) is 10.8 Å². The van der Waals surface area contributed by atoms with Crippen molar-refractivity contribution in [2.24, 2.45) is 0 Å². The number of nitrogens with zero attached hydrogens (tertiary/aromatic N) is 2. The number of carbonyl (C=O) groups excluding carboxylic acids is 1. The van der Waals surface area contributed by atoms with E-state index in [0.29, 0.717) is 22.8 Å². The van der Waals surface area contributed by atoms with Crippen LogP contribution < -0.4 is 9.47 Å². The number of ether oxygens (including phenoxy) is 2. The maximum Gasteiger partial charge on any atom is 0.231 e. The number of aryl methyl sites for hydroxylation is 2. The number of hydrogen-bond donors (Lipinski definition) is 0. The molecule has 0 N–H and O–H groups in total. The van der Waals surface area contributed by atoms with E-state index >= 15 is 0 Å². The molecule has 2 heterocycles. The number of aromatic nitrogens is 2. The maximum absolute atomic E-state index is 12.5. The fraction of sp³-hybridized carbons (Fsp3) is 0.200. The average Bonchev–Trinajstić information content (AvgIpc) is 3.30. The standard InChI is InChI=1S/C20H18N2O3S/c1-13-3-5-16(9-14(13)2)22-8-7-21-20(22)26-11-17(23)15-4-6-18-19(10-15)25-12-24-18/h3-10H,11-12H2,1-2H3. The van der Waals surface area contributed by atoms with Gasteiger partial charge >= 0.3 is 0 Å². The Kier molecular flexibility index (Phi) is 4.42. The molecule has 0 radical (unpaired) electrons. The molecule has 0 fully saturated rings. The van der Waals surface area contributed by atoms with Crippen molar-refractivity contribution in [3.05, 3.63) is 65.5 Å². The first-order valence-corrected chi connectivity index (χ1v) is 9.27. The minimum atomic E-state index is 0.0305. The SMILES string of the molecule is Cc1ccc(-n2ccnc2SCC(=O)c2ccc3c(c2)OCO3)cc1C. The summed E-state index contributed by atoms with van der Waals surface area (Å²) >= 11 is 1.43. The second kappa shape index (κ2) is 6.88. The van der Waals surface area contributed by atoms with Gasteiger partial charge in [0.25, 0.3) is 0 Å². The van der Waals surface area contributed by atoms with Crippen LogP contribution in [0.5, 0.6) is 11.5 Å². The predicted molar refractivity (Wildman–Crippen MR) is 101 cm³/mol. The molecule has 6 heteroatoms. The van der Waals surface area contributed by atoms with Gasteiger partial charge in [-0.15, -0.1) is 0 Å². The van der Waals surface area contributed by atoms with Gasteiger partial charge in [-0.3, -0.25) is 9.36 Å². The van der Waals surface area contributed by atoms with Crippen molar-refractivity contribution in [2.75, 3.05) is 12.5 Å². The quantitative estimate of drug-likeness (QED) is 0.500. The fourth-order valence-corrected chi connectivity index (χ4v) is 3.62. The molecule has 4 rings (SSSR count). The van der Waals surface area contributed by atoms with Crippen LogP contribution >= 0.6 is 11.8 Å². The molecular weight excluding hydrogens is 348 g/mol. The van der Waals surface area contributed by atoms with Gasteiger partial charge in [-0.2, -0.15) is 0 Å². The van der Waals surface area contributed by atoms with E-state index in [-0.39, 0.29) is 12.6 Å². The molecule has 0 bridgehead atoms. The Labute approximate surface area is 156 Å². The van der Waals surface area contributed by atoms with Crippen LogP contribution in [0.15, 0.2) is 53.9 Å². The lowest BCUT2D eigenvalue weighted by Crippen LogP contribution is -2.04. The van der Waals surface area contributed by atoms with Crippen LogP contribution in [0.25, 0.3) is 5.69 Å². The van der Waals surface area contributed by atoms with E-state index in [9.17, 15) is 4.79 Å². The molecule has 1 aliphatic heterocycles. The lowest BCUT2D eigenvalue weighted by molar-refractivity contribution is 0.102. The molecule has 0 spiro atoms. The number of rotatable bonds is 5.